The third-order valence-electron chi connectivity index (χ3n) is 5.25. The molecule has 3 aromatic carbocycles. The van der Waals surface area contributed by atoms with Crippen molar-refractivity contribution in [3.8, 4) is 22.4 Å². The number of benzene rings is 3. The minimum Gasteiger partial charge on any atom is -0.307 e. The van der Waals surface area contributed by atoms with Crippen molar-refractivity contribution in [1.82, 2.24) is 9.78 Å². The molecule has 1 amide bonds. The van der Waals surface area contributed by atoms with Crippen LogP contribution < -0.4 is 5.32 Å². The number of hydrogen-bond acceptors (Lipinski definition) is 2. The summed E-state index contributed by atoms with van der Waals surface area (Å²) in [6, 6.07) is 21.9. The van der Waals surface area contributed by atoms with Crippen LogP contribution in [0.1, 0.15) is 21.5 Å². The Balaban J connectivity index is 1.54. The van der Waals surface area contributed by atoms with Gasteiger partial charge in [-0.3, -0.25) is 9.48 Å². The molecule has 0 saturated heterocycles. The predicted octanol–water partition coefficient (Wildman–Crippen LogP) is 5.76. The second kappa shape index (κ2) is 7.95. The van der Waals surface area contributed by atoms with E-state index in [4.69, 9.17) is 0 Å². The smallest absolute Gasteiger partial charge is 0.256 e. The number of anilines is 1. The zero-order valence-electron chi connectivity index (χ0n) is 17.1. The fourth-order valence-corrected chi connectivity index (χ4v) is 3.27. The van der Waals surface area contributed by atoms with Gasteiger partial charge in [-0.05, 0) is 60.4 Å². The highest BCUT2D eigenvalue weighted by atomic mass is 19.1. The van der Waals surface area contributed by atoms with Gasteiger partial charge in [0.1, 0.15) is 11.6 Å². The average molecular weight is 399 g/mol. The molecular weight excluding hydrogens is 377 g/mol. The topological polar surface area (TPSA) is 46.9 Å². The van der Waals surface area contributed by atoms with Crippen LogP contribution in [0.3, 0.4) is 0 Å². The molecule has 0 aliphatic heterocycles. The van der Waals surface area contributed by atoms with Gasteiger partial charge in [0.15, 0.2) is 0 Å². The molecule has 5 heteroatoms. The average Bonchev–Trinajstić information content (AvgIpc) is 3.11. The number of hydrogen-bond donors (Lipinski definition) is 1. The van der Waals surface area contributed by atoms with E-state index in [1.807, 2.05) is 18.2 Å². The first-order valence-corrected chi connectivity index (χ1v) is 9.70. The molecule has 0 saturated carbocycles. The Kier molecular flexibility index (Phi) is 5.19. The third-order valence-corrected chi connectivity index (χ3v) is 5.25. The van der Waals surface area contributed by atoms with E-state index in [0.29, 0.717) is 11.4 Å². The summed E-state index contributed by atoms with van der Waals surface area (Å²) < 4.78 is 14.7. The molecule has 0 fully saturated rings. The largest absolute Gasteiger partial charge is 0.307 e. The van der Waals surface area contributed by atoms with Crippen molar-refractivity contribution in [2.24, 2.45) is 7.05 Å². The number of carbonyl (C=O) groups is 1. The van der Waals surface area contributed by atoms with Crippen LogP contribution in [-0.4, -0.2) is 15.7 Å². The van der Waals surface area contributed by atoms with E-state index in [2.05, 4.69) is 54.6 Å². The molecule has 30 heavy (non-hydrogen) atoms. The number of aromatic nitrogens is 2. The molecule has 1 N–H and O–H groups in total. The monoisotopic (exact) mass is 399 g/mol. The number of halogens is 1. The minimum atomic E-state index is -0.376. The summed E-state index contributed by atoms with van der Waals surface area (Å²) in [4.78, 5) is 12.4. The van der Waals surface area contributed by atoms with Crippen molar-refractivity contribution >= 4 is 11.7 Å². The molecule has 0 radical (unpaired) electrons. The van der Waals surface area contributed by atoms with Crippen molar-refractivity contribution < 1.29 is 9.18 Å². The number of aryl methyl sites for hydroxylation is 3. The van der Waals surface area contributed by atoms with Crippen molar-refractivity contribution in [1.29, 1.82) is 0 Å². The predicted molar refractivity (Wildman–Crippen MR) is 118 cm³/mol. The van der Waals surface area contributed by atoms with Gasteiger partial charge in [0, 0.05) is 24.2 Å². The van der Waals surface area contributed by atoms with Crippen LogP contribution in [0.15, 0.2) is 72.8 Å². The first-order chi connectivity index (χ1) is 14.4. The van der Waals surface area contributed by atoms with Crippen LogP contribution in [0, 0.1) is 19.7 Å². The Morgan fingerprint density at radius 3 is 2.13 bits per heavy atom. The summed E-state index contributed by atoms with van der Waals surface area (Å²) in [5.74, 6) is -0.120. The highest BCUT2D eigenvalue weighted by Crippen LogP contribution is 2.27. The second-order valence-corrected chi connectivity index (χ2v) is 7.38. The highest BCUT2D eigenvalue weighted by molar-refractivity contribution is 6.04. The first kappa shape index (κ1) is 19.6. The zero-order chi connectivity index (χ0) is 21.3. The second-order valence-electron chi connectivity index (χ2n) is 7.38. The lowest BCUT2D eigenvalue weighted by atomic mass is 9.99. The minimum absolute atomic E-state index is 0.311. The van der Waals surface area contributed by atoms with Crippen LogP contribution in [0.25, 0.3) is 22.4 Å². The summed E-state index contributed by atoms with van der Waals surface area (Å²) in [6.45, 7) is 4.22. The summed E-state index contributed by atoms with van der Waals surface area (Å²) >= 11 is 0. The normalized spacial score (nSPS) is 10.8. The number of amides is 1. The van der Waals surface area contributed by atoms with Gasteiger partial charge in [0.05, 0.1) is 5.69 Å². The Labute approximate surface area is 175 Å². The molecule has 1 heterocycles. The quantitative estimate of drug-likeness (QED) is 0.474. The molecule has 0 bridgehead atoms. The fraction of sp³-hybridized carbons (Fsp3) is 0.120. The zero-order valence-corrected chi connectivity index (χ0v) is 17.1. The maximum atomic E-state index is 13.1. The van der Waals surface area contributed by atoms with E-state index in [-0.39, 0.29) is 11.7 Å². The molecule has 4 aromatic rings. The van der Waals surface area contributed by atoms with E-state index in [1.54, 1.807) is 11.7 Å². The van der Waals surface area contributed by atoms with Gasteiger partial charge in [-0.15, -0.1) is 0 Å². The van der Waals surface area contributed by atoms with Crippen LogP contribution in [0.2, 0.25) is 0 Å². The first-order valence-electron chi connectivity index (χ1n) is 9.70. The Hall–Kier alpha value is -3.73. The molecule has 0 aliphatic carbocycles. The van der Waals surface area contributed by atoms with Gasteiger partial charge in [0.2, 0.25) is 0 Å². The molecule has 150 valence electrons. The Bertz CT molecular complexity index is 1210. The lowest BCUT2D eigenvalue weighted by molar-refractivity contribution is 0.102. The molecule has 0 aliphatic rings. The SMILES string of the molecule is Cc1ccc(-c2ccc(-c3cc(NC(=O)c4ccc(F)cc4)n(C)n3)cc2)cc1C. The van der Waals surface area contributed by atoms with E-state index in [0.717, 1.165) is 16.8 Å². The van der Waals surface area contributed by atoms with Crippen molar-refractivity contribution in [3.63, 3.8) is 0 Å². The summed E-state index contributed by atoms with van der Waals surface area (Å²) in [7, 11) is 1.77. The highest BCUT2D eigenvalue weighted by Gasteiger charge is 2.12. The molecule has 0 unspecified atom stereocenters. The fourth-order valence-electron chi connectivity index (χ4n) is 3.27. The van der Waals surface area contributed by atoms with E-state index < -0.39 is 0 Å². The van der Waals surface area contributed by atoms with Gasteiger partial charge in [-0.1, -0.05) is 42.5 Å². The van der Waals surface area contributed by atoms with Gasteiger partial charge in [-0.25, -0.2) is 4.39 Å². The van der Waals surface area contributed by atoms with Crippen LogP contribution in [0.4, 0.5) is 10.2 Å². The van der Waals surface area contributed by atoms with Gasteiger partial charge < -0.3 is 5.32 Å². The number of nitrogens with one attached hydrogen (secondary N) is 1. The Morgan fingerprint density at radius 1 is 0.833 bits per heavy atom. The molecule has 1 aromatic heterocycles. The summed E-state index contributed by atoms with van der Waals surface area (Å²) in [5, 5.41) is 7.34. The standard InChI is InChI=1S/C25H22FN3O/c1-16-4-5-21(14-17(16)2)18-6-8-19(9-7-18)23-15-24(29(3)28-23)27-25(30)20-10-12-22(26)13-11-20/h4-15H,1-3H3,(H,27,30). The van der Waals surface area contributed by atoms with E-state index >= 15 is 0 Å². The summed E-state index contributed by atoms with van der Waals surface area (Å²) in [6.07, 6.45) is 0. The number of nitrogens with zero attached hydrogens (tertiary/aromatic N) is 2. The number of carbonyl (C=O) groups excluding carboxylic acids is 1. The van der Waals surface area contributed by atoms with Gasteiger partial charge >= 0.3 is 0 Å². The third kappa shape index (κ3) is 4.01. The number of rotatable bonds is 4. The lowest BCUT2D eigenvalue weighted by Gasteiger charge is -2.06. The Morgan fingerprint density at radius 2 is 1.47 bits per heavy atom. The van der Waals surface area contributed by atoms with Crippen molar-refractivity contribution in [2.45, 2.75) is 13.8 Å². The molecule has 4 rings (SSSR count). The maximum Gasteiger partial charge on any atom is 0.256 e. The van der Waals surface area contributed by atoms with Crippen LogP contribution in [0.5, 0.6) is 0 Å². The van der Waals surface area contributed by atoms with Crippen molar-refractivity contribution in [3.05, 3.63) is 95.3 Å². The lowest BCUT2D eigenvalue weighted by Crippen LogP contribution is -2.14. The van der Waals surface area contributed by atoms with Gasteiger partial charge in [-0.2, -0.15) is 5.10 Å². The van der Waals surface area contributed by atoms with E-state index in [1.165, 1.54) is 41.0 Å². The van der Waals surface area contributed by atoms with Gasteiger partial charge in [0.25, 0.3) is 5.91 Å². The molecular formula is C25H22FN3O. The van der Waals surface area contributed by atoms with Crippen LogP contribution in [-0.2, 0) is 7.05 Å². The summed E-state index contributed by atoms with van der Waals surface area (Å²) in [5.41, 5.74) is 6.97. The maximum absolute atomic E-state index is 13.1. The van der Waals surface area contributed by atoms with Crippen LogP contribution >= 0.6 is 0 Å². The van der Waals surface area contributed by atoms with Crippen molar-refractivity contribution in [2.75, 3.05) is 5.32 Å². The molecule has 0 atom stereocenters. The van der Waals surface area contributed by atoms with E-state index in [9.17, 15) is 9.18 Å². The molecule has 0 spiro atoms. The molecule has 4 nitrogen and oxygen atoms in total.